The van der Waals surface area contributed by atoms with Gasteiger partial charge in [0, 0.05) is 12.1 Å². The predicted molar refractivity (Wildman–Crippen MR) is 57.3 cm³/mol. The zero-order chi connectivity index (χ0) is 11.3. The SMILES string of the molecule is CC(C)(C)OC(=O)C12CCNCC1(N)C2. The quantitative estimate of drug-likeness (QED) is 0.618. The molecule has 0 bridgehead atoms. The first-order chi connectivity index (χ1) is 6.79. The van der Waals surface area contributed by atoms with E-state index in [1.165, 1.54) is 0 Å². The first kappa shape index (κ1) is 10.9. The lowest BCUT2D eigenvalue weighted by Crippen LogP contribution is -2.50. The fourth-order valence-corrected chi connectivity index (χ4v) is 2.43. The molecule has 4 nitrogen and oxygen atoms in total. The molecular weight excluding hydrogens is 192 g/mol. The van der Waals surface area contributed by atoms with E-state index in [2.05, 4.69) is 5.32 Å². The van der Waals surface area contributed by atoms with Crippen LogP contribution < -0.4 is 11.1 Å². The normalized spacial score (nSPS) is 39.5. The highest BCUT2D eigenvalue weighted by Gasteiger charge is 2.71. The van der Waals surface area contributed by atoms with E-state index in [1.807, 2.05) is 20.8 Å². The van der Waals surface area contributed by atoms with Gasteiger partial charge in [0.25, 0.3) is 0 Å². The number of ether oxygens (including phenoxy) is 1. The maximum atomic E-state index is 12.1. The lowest BCUT2D eigenvalue weighted by Gasteiger charge is -2.30. The van der Waals surface area contributed by atoms with E-state index in [-0.39, 0.29) is 11.5 Å². The van der Waals surface area contributed by atoms with Crippen molar-refractivity contribution in [2.45, 2.75) is 44.8 Å². The Morgan fingerprint density at radius 1 is 1.47 bits per heavy atom. The molecule has 3 N–H and O–H groups in total. The molecule has 0 spiro atoms. The molecule has 1 aliphatic heterocycles. The van der Waals surface area contributed by atoms with Crippen LogP contribution in [0.3, 0.4) is 0 Å². The lowest BCUT2D eigenvalue weighted by atomic mass is 9.92. The molecule has 0 aromatic rings. The fraction of sp³-hybridized carbons (Fsp3) is 0.909. The van der Waals surface area contributed by atoms with Gasteiger partial charge in [-0.25, -0.2) is 0 Å². The zero-order valence-electron chi connectivity index (χ0n) is 9.72. The molecule has 2 atom stereocenters. The summed E-state index contributed by atoms with van der Waals surface area (Å²) < 4.78 is 5.44. The minimum absolute atomic E-state index is 0.112. The summed E-state index contributed by atoms with van der Waals surface area (Å²) >= 11 is 0. The van der Waals surface area contributed by atoms with Gasteiger partial charge in [0.1, 0.15) is 5.60 Å². The van der Waals surface area contributed by atoms with Gasteiger partial charge in [0.15, 0.2) is 0 Å². The van der Waals surface area contributed by atoms with Crippen LogP contribution in [0, 0.1) is 5.41 Å². The van der Waals surface area contributed by atoms with E-state index < -0.39 is 11.0 Å². The van der Waals surface area contributed by atoms with E-state index in [1.54, 1.807) is 0 Å². The van der Waals surface area contributed by atoms with Gasteiger partial charge in [0.05, 0.1) is 5.41 Å². The Labute approximate surface area is 90.5 Å². The second-order valence-corrected chi connectivity index (χ2v) is 5.84. The van der Waals surface area contributed by atoms with Gasteiger partial charge in [-0.1, -0.05) is 0 Å². The number of piperidine rings is 1. The van der Waals surface area contributed by atoms with Gasteiger partial charge in [-0.15, -0.1) is 0 Å². The van der Waals surface area contributed by atoms with Gasteiger partial charge < -0.3 is 15.8 Å². The molecule has 0 radical (unpaired) electrons. The van der Waals surface area contributed by atoms with Crippen LogP contribution in [-0.4, -0.2) is 30.2 Å². The average molecular weight is 212 g/mol. The van der Waals surface area contributed by atoms with Crippen molar-refractivity contribution in [3.05, 3.63) is 0 Å². The first-order valence-corrected chi connectivity index (χ1v) is 5.52. The number of fused-ring (bicyclic) bond motifs is 1. The monoisotopic (exact) mass is 212 g/mol. The summed E-state index contributed by atoms with van der Waals surface area (Å²) in [6.07, 6.45) is 1.57. The Kier molecular flexibility index (Phi) is 2.14. The molecule has 86 valence electrons. The van der Waals surface area contributed by atoms with E-state index in [0.29, 0.717) is 0 Å². The number of nitrogens with one attached hydrogen (secondary N) is 1. The highest BCUT2D eigenvalue weighted by Crippen LogP contribution is 2.59. The lowest BCUT2D eigenvalue weighted by molar-refractivity contribution is -0.163. The Morgan fingerprint density at radius 3 is 2.67 bits per heavy atom. The summed E-state index contributed by atoms with van der Waals surface area (Å²) in [5, 5.41) is 3.23. The summed E-state index contributed by atoms with van der Waals surface area (Å²) in [5.74, 6) is -0.112. The summed E-state index contributed by atoms with van der Waals surface area (Å²) in [6, 6.07) is 0. The Balaban J connectivity index is 2.08. The number of hydrogen-bond acceptors (Lipinski definition) is 4. The summed E-state index contributed by atoms with van der Waals surface area (Å²) in [6.45, 7) is 7.26. The molecule has 2 fully saturated rings. The number of hydrogen-bond donors (Lipinski definition) is 2. The van der Waals surface area contributed by atoms with Gasteiger partial charge in [-0.05, 0) is 40.2 Å². The molecule has 0 aromatic carbocycles. The van der Waals surface area contributed by atoms with E-state index in [9.17, 15) is 4.79 Å². The molecule has 2 aliphatic rings. The van der Waals surface area contributed by atoms with Crippen LogP contribution in [0.25, 0.3) is 0 Å². The third kappa shape index (κ3) is 1.66. The molecule has 2 rings (SSSR count). The molecule has 0 aromatic heterocycles. The van der Waals surface area contributed by atoms with Crippen LogP contribution in [0.15, 0.2) is 0 Å². The maximum absolute atomic E-state index is 12.1. The second-order valence-electron chi connectivity index (χ2n) is 5.84. The van der Waals surface area contributed by atoms with Crippen LogP contribution in [0.4, 0.5) is 0 Å². The van der Waals surface area contributed by atoms with E-state index in [4.69, 9.17) is 10.5 Å². The van der Waals surface area contributed by atoms with Crippen molar-refractivity contribution in [2.75, 3.05) is 13.1 Å². The van der Waals surface area contributed by atoms with Gasteiger partial charge in [0.2, 0.25) is 0 Å². The minimum Gasteiger partial charge on any atom is -0.459 e. The highest BCUT2D eigenvalue weighted by atomic mass is 16.6. The standard InChI is InChI=1S/C11H20N2O2/c1-9(2,3)15-8(14)10-4-5-13-7-11(10,12)6-10/h13H,4-7,12H2,1-3H3. The fourth-order valence-electron chi connectivity index (χ4n) is 2.43. The molecule has 1 aliphatic carbocycles. The smallest absolute Gasteiger partial charge is 0.314 e. The van der Waals surface area contributed by atoms with Crippen molar-refractivity contribution in [3.8, 4) is 0 Å². The number of carbonyl (C=O) groups is 1. The Morgan fingerprint density at radius 2 is 2.13 bits per heavy atom. The average Bonchev–Trinajstić information content (AvgIpc) is 2.69. The van der Waals surface area contributed by atoms with Crippen LogP contribution >= 0.6 is 0 Å². The Bertz CT molecular complexity index is 293. The van der Waals surface area contributed by atoms with Crippen molar-refractivity contribution in [1.29, 1.82) is 0 Å². The molecular formula is C11H20N2O2. The van der Waals surface area contributed by atoms with Crippen LogP contribution in [0.2, 0.25) is 0 Å². The van der Waals surface area contributed by atoms with Crippen molar-refractivity contribution in [3.63, 3.8) is 0 Å². The van der Waals surface area contributed by atoms with Gasteiger partial charge in [-0.3, -0.25) is 4.79 Å². The number of rotatable bonds is 1. The van der Waals surface area contributed by atoms with Crippen LogP contribution in [0.1, 0.15) is 33.6 Å². The molecule has 2 unspecified atom stereocenters. The summed E-state index contributed by atoms with van der Waals surface area (Å²) in [4.78, 5) is 12.1. The van der Waals surface area contributed by atoms with Crippen LogP contribution in [0.5, 0.6) is 0 Å². The topological polar surface area (TPSA) is 64.3 Å². The highest BCUT2D eigenvalue weighted by molar-refractivity contribution is 5.84. The molecule has 4 heteroatoms. The zero-order valence-corrected chi connectivity index (χ0v) is 9.72. The van der Waals surface area contributed by atoms with Gasteiger partial charge in [-0.2, -0.15) is 0 Å². The van der Waals surface area contributed by atoms with Crippen molar-refractivity contribution in [1.82, 2.24) is 5.32 Å². The maximum Gasteiger partial charge on any atom is 0.314 e. The largest absolute Gasteiger partial charge is 0.459 e. The third-order valence-corrected chi connectivity index (χ3v) is 3.40. The summed E-state index contributed by atoms with van der Waals surface area (Å²) in [5.41, 5.74) is 4.98. The Hall–Kier alpha value is -0.610. The van der Waals surface area contributed by atoms with Crippen molar-refractivity contribution >= 4 is 5.97 Å². The number of esters is 1. The molecule has 1 heterocycles. The first-order valence-electron chi connectivity index (χ1n) is 5.52. The van der Waals surface area contributed by atoms with Crippen molar-refractivity contribution in [2.24, 2.45) is 11.1 Å². The molecule has 1 saturated carbocycles. The third-order valence-electron chi connectivity index (χ3n) is 3.40. The van der Waals surface area contributed by atoms with Crippen LogP contribution in [-0.2, 0) is 9.53 Å². The van der Waals surface area contributed by atoms with E-state index in [0.717, 1.165) is 25.9 Å². The molecule has 1 saturated heterocycles. The predicted octanol–water partition coefficient (Wildman–Crippen LogP) is 0.409. The second kappa shape index (κ2) is 2.95. The molecule has 0 amide bonds. The van der Waals surface area contributed by atoms with Crippen molar-refractivity contribution < 1.29 is 9.53 Å². The van der Waals surface area contributed by atoms with E-state index >= 15 is 0 Å². The van der Waals surface area contributed by atoms with Gasteiger partial charge >= 0.3 is 5.97 Å². The molecule has 15 heavy (non-hydrogen) atoms. The summed E-state index contributed by atoms with van der Waals surface area (Å²) in [7, 11) is 0. The number of carbonyl (C=O) groups excluding carboxylic acids is 1. The number of nitrogens with two attached hydrogens (primary N) is 1. The minimum atomic E-state index is -0.416.